The van der Waals surface area contributed by atoms with Gasteiger partial charge in [0.05, 0.1) is 17.2 Å². The van der Waals surface area contributed by atoms with E-state index in [1.165, 1.54) is 21.8 Å². The molecule has 6 nitrogen and oxygen atoms in total. The molecule has 0 saturated carbocycles. The fourth-order valence-electron chi connectivity index (χ4n) is 5.25. The van der Waals surface area contributed by atoms with E-state index in [1.807, 2.05) is 12.1 Å². The number of benzene rings is 2. The van der Waals surface area contributed by atoms with Crippen LogP contribution < -0.4 is 4.90 Å². The Morgan fingerprint density at radius 2 is 1.55 bits per heavy atom. The first kappa shape index (κ1) is 18.4. The van der Waals surface area contributed by atoms with Gasteiger partial charge >= 0.3 is 0 Å². The predicted octanol–water partition coefficient (Wildman–Crippen LogP) is 3.01. The molecule has 1 saturated heterocycles. The first-order chi connectivity index (χ1) is 15.2. The second-order valence-electron chi connectivity index (χ2n) is 8.51. The van der Waals surface area contributed by atoms with Crippen LogP contribution in [0.3, 0.4) is 0 Å². The average Bonchev–Trinajstić information content (AvgIpc) is 3.32. The highest BCUT2D eigenvalue weighted by molar-refractivity contribution is 6.21. The first-order valence-corrected chi connectivity index (χ1v) is 10.9. The van der Waals surface area contributed by atoms with Gasteiger partial charge in [0.2, 0.25) is 0 Å². The number of aromatic nitrogens is 1. The van der Waals surface area contributed by atoms with Crippen molar-refractivity contribution in [3.05, 3.63) is 89.2 Å². The standard InChI is InChI=1S/C25H24N4O2/c30-24-19-7-2-3-8-20(19)25(31)29(24)15-13-26-12-14-28-21-9-4-1-6-18(21)16-27-11-5-10-22(27)23(28)17-26/h1-11,23H,12-17H2/t23-/m0/s1. The van der Waals surface area contributed by atoms with Gasteiger partial charge in [0.15, 0.2) is 0 Å². The molecule has 0 spiro atoms. The summed E-state index contributed by atoms with van der Waals surface area (Å²) in [5, 5.41) is 0. The van der Waals surface area contributed by atoms with E-state index in [9.17, 15) is 9.59 Å². The minimum absolute atomic E-state index is 0.170. The van der Waals surface area contributed by atoms with Crippen LogP contribution in [-0.4, -0.2) is 58.9 Å². The normalized spacial score (nSPS) is 20.2. The number of nitrogens with zero attached hydrogens (tertiary/aromatic N) is 4. The lowest BCUT2D eigenvalue weighted by molar-refractivity contribution is 0.0631. The van der Waals surface area contributed by atoms with Gasteiger partial charge < -0.3 is 9.47 Å². The molecule has 1 fully saturated rings. The third-order valence-electron chi connectivity index (χ3n) is 6.83. The van der Waals surface area contributed by atoms with Crippen LogP contribution in [0.5, 0.6) is 0 Å². The first-order valence-electron chi connectivity index (χ1n) is 10.9. The average molecular weight is 412 g/mol. The van der Waals surface area contributed by atoms with Crippen molar-refractivity contribution in [3.63, 3.8) is 0 Å². The highest BCUT2D eigenvalue weighted by atomic mass is 16.2. The number of hydrogen-bond donors (Lipinski definition) is 0. The lowest BCUT2D eigenvalue weighted by atomic mass is 10.1. The third kappa shape index (κ3) is 2.90. The summed E-state index contributed by atoms with van der Waals surface area (Å²) in [6.07, 6.45) is 2.16. The van der Waals surface area contributed by atoms with Gasteiger partial charge in [-0.2, -0.15) is 0 Å². The van der Waals surface area contributed by atoms with E-state index in [4.69, 9.17) is 0 Å². The summed E-state index contributed by atoms with van der Waals surface area (Å²) in [5.41, 5.74) is 5.03. The molecule has 31 heavy (non-hydrogen) atoms. The molecule has 156 valence electrons. The number of anilines is 1. The number of amides is 2. The number of carbonyl (C=O) groups excluding carboxylic acids is 2. The van der Waals surface area contributed by atoms with Crippen LogP contribution in [0.2, 0.25) is 0 Å². The second kappa shape index (κ2) is 7.10. The number of piperazine rings is 1. The molecule has 0 radical (unpaired) electrons. The van der Waals surface area contributed by atoms with Crippen molar-refractivity contribution >= 4 is 17.5 Å². The number of rotatable bonds is 3. The molecule has 6 heteroatoms. The van der Waals surface area contributed by atoms with Gasteiger partial charge in [0, 0.05) is 56.8 Å². The molecular formula is C25H24N4O2. The maximum Gasteiger partial charge on any atom is 0.261 e. The Morgan fingerprint density at radius 3 is 2.35 bits per heavy atom. The molecular weight excluding hydrogens is 388 g/mol. The zero-order valence-corrected chi connectivity index (χ0v) is 17.3. The predicted molar refractivity (Wildman–Crippen MR) is 118 cm³/mol. The van der Waals surface area contributed by atoms with E-state index in [0.29, 0.717) is 24.2 Å². The molecule has 3 aliphatic heterocycles. The van der Waals surface area contributed by atoms with Crippen molar-refractivity contribution in [1.29, 1.82) is 0 Å². The van der Waals surface area contributed by atoms with Crippen LogP contribution in [0.1, 0.15) is 38.0 Å². The van der Waals surface area contributed by atoms with Crippen LogP contribution in [-0.2, 0) is 6.54 Å². The summed E-state index contributed by atoms with van der Waals surface area (Å²) in [6, 6.07) is 20.4. The molecule has 3 aromatic rings. The SMILES string of the molecule is O=C1c2ccccc2C(=O)N1CCN1CCN2c3ccccc3Cn3cccc3[C@@H]2C1. The molecule has 1 aromatic heterocycles. The Bertz CT molecular complexity index is 1150. The zero-order valence-electron chi connectivity index (χ0n) is 17.3. The fourth-order valence-corrected chi connectivity index (χ4v) is 5.25. The van der Waals surface area contributed by atoms with E-state index < -0.39 is 0 Å². The maximum atomic E-state index is 12.7. The minimum atomic E-state index is -0.170. The van der Waals surface area contributed by atoms with Gasteiger partial charge in [-0.3, -0.25) is 19.4 Å². The van der Waals surface area contributed by atoms with E-state index in [1.54, 1.807) is 12.1 Å². The lowest BCUT2D eigenvalue weighted by Gasteiger charge is -2.42. The monoisotopic (exact) mass is 412 g/mol. The zero-order chi connectivity index (χ0) is 20.9. The lowest BCUT2D eigenvalue weighted by Crippen LogP contribution is -2.50. The molecule has 6 rings (SSSR count). The highest BCUT2D eigenvalue weighted by Crippen LogP contribution is 2.36. The second-order valence-corrected chi connectivity index (χ2v) is 8.51. The summed E-state index contributed by atoms with van der Waals surface area (Å²) < 4.78 is 2.34. The van der Waals surface area contributed by atoms with Crippen LogP contribution >= 0.6 is 0 Å². The Morgan fingerprint density at radius 1 is 0.806 bits per heavy atom. The van der Waals surface area contributed by atoms with Crippen molar-refractivity contribution in [2.75, 3.05) is 37.6 Å². The molecule has 3 aliphatic rings. The maximum absolute atomic E-state index is 12.7. The molecule has 0 unspecified atom stereocenters. The van der Waals surface area contributed by atoms with Crippen LogP contribution in [0, 0.1) is 0 Å². The van der Waals surface area contributed by atoms with Gasteiger partial charge in [-0.15, -0.1) is 0 Å². The molecule has 2 aromatic carbocycles. The highest BCUT2D eigenvalue weighted by Gasteiger charge is 2.37. The van der Waals surface area contributed by atoms with Crippen molar-refractivity contribution in [3.8, 4) is 0 Å². The number of para-hydroxylation sites is 1. The van der Waals surface area contributed by atoms with Gasteiger partial charge in [-0.05, 0) is 35.9 Å². The van der Waals surface area contributed by atoms with Gasteiger partial charge in [-0.1, -0.05) is 30.3 Å². The number of imide groups is 1. The van der Waals surface area contributed by atoms with E-state index in [-0.39, 0.29) is 17.9 Å². The Hall–Kier alpha value is -3.38. The van der Waals surface area contributed by atoms with E-state index >= 15 is 0 Å². The molecule has 0 N–H and O–H groups in total. The minimum Gasteiger partial charge on any atom is -0.360 e. The molecule has 0 aliphatic carbocycles. The molecule has 0 bridgehead atoms. The Labute approximate surface area is 181 Å². The van der Waals surface area contributed by atoms with Gasteiger partial charge in [0.1, 0.15) is 0 Å². The molecule has 4 heterocycles. The molecule has 1 atom stereocenters. The Balaban J connectivity index is 1.21. The summed E-state index contributed by atoms with van der Waals surface area (Å²) in [6.45, 7) is 4.72. The van der Waals surface area contributed by atoms with Crippen LogP contribution in [0.15, 0.2) is 66.9 Å². The largest absolute Gasteiger partial charge is 0.360 e. The van der Waals surface area contributed by atoms with Crippen molar-refractivity contribution in [1.82, 2.24) is 14.4 Å². The van der Waals surface area contributed by atoms with Gasteiger partial charge in [-0.25, -0.2) is 0 Å². The quantitative estimate of drug-likeness (QED) is 0.621. The van der Waals surface area contributed by atoms with Gasteiger partial charge in [0.25, 0.3) is 11.8 Å². The smallest absolute Gasteiger partial charge is 0.261 e. The number of fused-ring (bicyclic) bond motifs is 6. The van der Waals surface area contributed by atoms with E-state index in [2.05, 4.69) is 57.0 Å². The fraction of sp³-hybridized carbons (Fsp3) is 0.280. The van der Waals surface area contributed by atoms with Crippen LogP contribution in [0.4, 0.5) is 5.69 Å². The number of carbonyl (C=O) groups is 2. The Kier molecular flexibility index (Phi) is 4.21. The summed E-state index contributed by atoms with van der Waals surface area (Å²) in [5.74, 6) is -0.340. The van der Waals surface area contributed by atoms with Crippen LogP contribution in [0.25, 0.3) is 0 Å². The number of hydrogen-bond acceptors (Lipinski definition) is 4. The molecule has 2 amide bonds. The van der Waals surface area contributed by atoms with Crippen molar-refractivity contribution < 1.29 is 9.59 Å². The van der Waals surface area contributed by atoms with E-state index in [0.717, 1.165) is 26.2 Å². The third-order valence-corrected chi connectivity index (χ3v) is 6.83. The summed E-state index contributed by atoms with van der Waals surface area (Å²) in [4.78, 5) is 31.7. The summed E-state index contributed by atoms with van der Waals surface area (Å²) in [7, 11) is 0. The summed E-state index contributed by atoms with van der Waals surface area (Å²) >= 11 is 0. The van der Waals surface area contributed by atoms with Crippen molar-refractivity contribution in [2.45, 2.75) is 12.6 Å². The topological polar surface area (TPSA) is 48.8 Å². The van der Waals surface area contributed by atoms with Crippen molar-refractivity contribution in [2.24, 2.45) is 0 Å².